The van der Waals surface area contributed by atoms with E-state index in [2.05, 4.69) is 20.8 Å². The summed E-state index contributed by atoms with van der Waals surface area (Å²) in [4.78, 5) is 39.1. The van der Waals surface area contributed by atoms with Crippen molar-refractivity contribution in [1.29, 1.82) is 0 Å². The molecule has 1 aliphatic carbocycles. The molecule has 37 heavy (non-hydrogen) atoms. The monoisotopic (exact) mass is 562 g/mol. The van der Waals surface area contributed by atoms with Crippen LogP contribution in [0.3, 0.4) is 0 Å². The molecule has 0 bridgehead atoms. The molecule has 1 aliphatic rings. The Labute approximate surface area is 226 Å². The molecule has 1 aromatic carbocycles. The second-order valence-electron chi connectivity index (χ2n) is 7.90. The maximum Gasteiger partial charge on any atom is 0.341 e. The fraction of sp³-hybridized carbons (Fsp3) is 0.375. The van der Waals surface area contributed by atoms with Crippen molar-refractivity contribution in [3.63, 3.8) is 0 Å². The van der Waals surface area contributed by atoms with Crippen LogP contribution in [-0.4, -0.2) is 54.6 Å². The van der Waals surface area contributed by atoms with Crippen LogP contribution in [0.1, 0.15) is 50.9 Å². The number of anilines is 2. The Balaban J connectivity index is 1.37. The van der Waals surface area contributed by atoms with Crippen LogP contribution in [0.2, 0.25) is 0 Å². The largest absolute Gasteiger partial charge is 0.497 e. The van der Waals surface area contributed by atoms with Crippen LogP contribution in [0.15, 0.2) is 22.5 Å². The predicted octanol–water partition coefficient (Wildman–Crippen LogP) is 4.66. The Morgan fingerprint density at radius 3 is 2.43 bits per heavy atom. The van der Waals surface area contributed by atoms with E-state index in [4.69, 9.17) is 14.2 Å². The van der Waals surface area contributed by atoms with E-state index in [9.17, 15) is 14.4 Å². The van der Waals surface area contributed by atoms with Crippen molar-refractivity contribution in [1.82, 2.24) is 10.2 Å². The second-order valence-corrected chi connectivity index (χ2v) is 11.2. The first kappa shape index (κ1) is 26.9. The summed E-state index contributed by atoms with van der Waals surface area (Å²) in [6, 6.07) is 4.85. The van der Waals surface area contributed by atoms with Gasteiger partial charge in [-0.3, -0.25) is 14.9 Å². The number of benzene rings is 1. The number of aromatic nitrogens is 2. The molecule has 2 aromatic heterocycles. The number of aryl methyl sites for hydroxylation is 1. The van der Waals surface area contributed by atoms with E-state index >= 15 is 0 Å². The van der Waals surface area contributed by atoms with Gasteiger partial charge in [0.25, 0.3) is 5.91 Å². The number of rotatable bonds is 10. The molecule has 0 saturated carbocycles. The van der Waals surface area contributed by atoms with E-state index in [1.165, 1.54) is 37.3 Å². The van der Waals surface area contributed by atoms with E-state index < -0.39 is 11.9 Å². The summed E-state index contributed by atoms with van der Waals surface area (Å²) in [5, 5.41) is 14.5. The molecule has 0 unspecified atom stereocenters. The first-order valence-corrected chi connectivity index (χ1v) is 14.2. The maximum atomic E-state index is 12.7. The smallest absolute Gasteiger partial charge is 0.341 e. The number of hydrogen-bond acceptors (Lipinski definition) is 11. The maximum absolute atomic E-state index is 12.7. The first-order chi connectivity index (χ1) is 17.9. The van der Waals surface area contributed by atoms with Crippen molar-refractivity contribution in [3.05, 3.63) is 39.8 Å². The van der Waals surface area contributed by atoms with E-state index in [-0.39, 0.29) is 18.3 Å². The first-order valence-electron chi connectivity index (χ1n) is 11.5. The van der Waals surface area contributed by atoms with Gasteiger partial charge < -0.3 is 19.5 Å². The Kier molecular flexibility index (Phi) is 9.00. The Hall–Kier alpha value is -3.16. The van der Waals surface area contributed by atoms with Crippen molar-refractivity contribution in [2.45, 2.75) is 36.9 Å². The number of thiophene rings is 1. The van der Waals surface area contributed by atoms with Gasteiger partial charge in [0.2, 0.25) is 11.0 Å². The van der Waals surface area contributed by atoms with Crippen LogP contribution in [-0.2, 0) is 22.4 Å². The molecule has 196 valence electrons. The predicted molar refractivity (Wildman–Crippen MR) is 144 cm³/mol. The number of esters is 1. The second kappa shape index (κ2) is 12.4. The summed E-state index contributed by atoms with van der Waals surface area (Å²) in [7, 11) is 3.01. The van der Waals surface area contributed by atoms with Gasteiger partial charge in [-0.2, -0.15) is 0 Å². The molecule has 13 heteroatoms. The fourth-order valence-electron chi connectivity index (χ4n) is 3.79. The third kappa shape index (κ3) is 6.59. The van der Waals surface area contributed by atoms with Crippen LogP contribution in [0.4, 0.5) is 10.1 Å². The lowest BCUT2D eigenvalue weighted by molar-refractivity contribution is -0.113. The zero-order valence-electron chi connectivity index (χ0n) is 20.5. The lowest BCUT2D eigenvalue weighted by Gasteiger charge is -2.12. The third-order valence-corrected chi connectivity index (χ3v) is 8.65. The van der Waals surface area contributed by atoms with Crippen molar-refractivity contribution in [2.24, 2.45) is 0 Å². The molecule has 2 heterocycles. The third-order valence-electron chi connectivity index (χ3n) is 5.47. The number of nitrogens with zero attached hydrogens (tertiary/aromatic N) is 2. The fourth-order valence-corrected chi connectivity index (χ4v) is 6.63. The van der Waals surface area contributed by atoms with Crippen LogP contribution >= 0.6 is 34.4 Å². The zero-order chi connectivity index (χ0) is 26.4. The van der Waals surface area contributed by atoms with Gasteiger partial charge in [-0.25, -0.2) is 4.79 Å². The quantitative estimate of drug-likeness (QED) is 0.206. The minimum Gasteiger partial charge on any atom is -0.497 e. The molecule has 0 atom stereocenters. The standard InChI is InChI=1S/C24H26N4O6S3/c1-4-34-22(31)19-16-7-5-6-8-17(16)36-21(19)25-18(29)12-35-24-28-27-23(37-24)26-20(30)13-9-14(32-2)11-15(10-13)33-3/h9-11H,4-8,12H2,1-3H3,(H,25,29)(H,26,27,30). The topological polar surface area (TPSA) is 129 Å². The SMILES string of the molecule is CCOC(=O)c1c(NC(=O)CSc2nnc(NC(=O)c3cc(OC)cc(OC)c3)s2)sc2c1CCCC2. The number of nitrogens with one attached hydrogen (secondary N) is 2. The highest BCUT2D eigenvalue weighted by atomic mass is 32.2. The number of carbonyl (C=O) groups excluding carboxylic acids is 3. The molecule has 0 aliphatic heterocycles. The highest BCUT2D eigenvalue weighted by molar-refractivity contribution is 8.01. The molecule has 0 radical (unpaired) electrons. The number of ether oxygens (including phenoxy) is 3. The van der Waals surface area contributed by atoms with Crippen molar-refractivity contribution in [2.75, 3.05) is 37.2 Å². The van der Waals surface area contributed by atoms with Gasteiger partial charge in [0.1, 0.15) is 16.5 Å². The summed E-state index contributed by atoms with van der Waals surface area (Å²) in [6.07, 6.45) is 3.80. The van der Waals surface area contributed by atoms with Crippen LogP contribution in [0.25, 0.3) is 0 Å². The summed E-state index contributed by atoms with van der Waals surface area (Å²) >= 11 is 3.80. The zero-order valence-corrected chi connectivity index (χ0v) is 23.0. The minimum atomic E-state index is -0.400. The lowest BCUT2D eigenvalue weighted by Crippen LogP contribution is -2.17. The number of carbonyl (C=O) groups is 3. The number of fused-ring (bicyclic) bond motifs is 1. The Morgan fingerprint density at radius 1 is 1.00 bits per heavy atom. The van der Waals surface area contributed by atoms with E-state index in [0.717, 1.165) is 47.5 Å². The normalized spacial score (nSPS) is 12.4. The van der Waals surface area contributed by atoms with Gasteiger partial charge in [0.05, 0.1) is 32.1 Å². The highest BCUT2D eigenvalue weighted by Crippen LogP contribution is 2.39. The van der Waals surface area contributed by atoms with Crippen LogP contribution in [0.5, 0.6) is 11.5 Å². The van der Waals surface area contributed by atoms with Gasteiger partial charge in [-0.1, -0.05) is 23.1 Å². The van der Waals surface area contributed by atoms with Crippen molar-refractivity contribution >= 4 is 62.4 Å². The van der Waals surface area contributed by atoms with Crippen molar-refractivity contribution in [3.8, 4) is 11.5 Å². The Morgan fingerprint density at radius 2 is 1.73 bits per heavy atom. The number of thioether (sulfide) groups is 1. The molecule has 0 saturated heterocycles. The number of amides is 2. The van der Waals surface area contributed by atoms with E-state index in [1.807, 2.05) is 0 Å². The molecule has 4 rings (SSSR count). The molecular formula is C24H26N4O6S3. The molecule has 0 spiro atoms. The Bertz CT molecular complexity index is 1280. The molecular weight excluding hydrogens is 536 g/mol. The molecule has 3 aromatic rings. The van der Waals surface area contributed by atoms with Gasteiger partial charge in [0.15, 0.2) is 4.34 Å². The average molecular weight is 563 g/mol. The van der Waals surface area contributed by atoms with E-state index in [0.29, 0.717) is 37.1 Å². The average Bonchev–Trinajstić information content (AvgIpc) is 3.50. The van der Waals surface area contributed by atoms with Crippen LogP contribution in [0, 0.1) is 0 Å². The highest BCUT2D eigenvalue weighted by Gasteiger charge is 2.27. The number of hydrogen-bond donors (Lipinski definition) is 2. The molecule has 0 fully saturated rings. The summed E-state index contributed by atoms with van der Waals surface area (Å²) in [5.41, 5.74) is 1.82. The minimum absolute atomic E-state index is 0.0699. The van der Waals surface area contributed by atoms with Gasteiger partial charge >= 0.3 is 5.97 Å². The van der Waals surface area contributed by atoms with Gasteiger partial charge in [-0.15, -0.1) is 21.5 Å². The summed E-state index contributed by atoms with van der Waals surface area (Å²) in [5.74, 6) is -0.0128. The van der Waals surface area contributed by atoms with E-state index in [1.54, 1.807) is 25.1 Å². The summed E-state index contributed by atoms with van der Waals surface area (Å²) in [6.45, 7) is 2.03. The van der Waals surface area contributed by atoms with Gasteiger partial charge in [0, 0.05) is 16.5 Å². The summed E-state index contributed by atoms with van der Waals surface area (Å²) < 4.78 is 16.2. The molecule has 2 amide bonds. The van der Waals surface area contributed by atoms with Gasteiger partial charge in [-0.05, 0) is 50.3 Å². The number of methoxy groups -OCH3 is 2. The molecule has 2 N–H and O–H groups in total. The van der Waals surface area contributed by atoms with Crippen molar-refractivity contribution < 1.29 is 28.6 Å². The van der Waals surface area contributed by atoms with Crippen LogP contribution < -0.4 is 20.1 Å². The molecule has 10 nitrogen and oxygen atoms in total. The lowest BCUT2D eigenvalue weighted by atomic mass is 9.95.